The van der Waals surface area contributed by atoms with Gasteiger partial charge in [0, 0.05) is 38.3 Å². The molecule has 0 radical (unpaired) electrons. The number of carbonyl (C=O) groups excluding carboxylic acids is 2. The Kier molecular flexibility index (Phi) is 5.46. The Hall–Kier alpha value is -2.63. The number of aryl methyl sites for hydroxylation is 1. The van der Waals surface area contributed by atoms with Crippen LogP contribution in [0.2, 0.25) is 0 Å². The molecule has 2 aromatic rings. The van der Waals surface area contributed by atoms with Crippen LogP contribution in [-0.4, -0.2) is 38.5 Å². The zero-order valence-corrected chi connectivity index (χ0v) is 16.3. The van der Waals surface area contributed by atoms with Gasteiger partial charge in [0.2, 0.25) is 0 Å². The number of rotatable bonds is 5. The quantitative estimate of drug-likeness (QED) is 0.746. The lowest BCUT2D eigenvalue weighted by molar-refractivity contribution is -0.155. The molecule has 6 nitrogen and oxygen atoms in total. The Morgan fingerprint density at radius 3 is 2.54 bits per heavy atom. The second kappa shape index (κ2) is 8.17. The summed E-state index contributed by atoms with van der Waals surface area (Å²) < 4.78 is 7.22. The Labute approximate surface area is 165 Å². The van der Waals surface area contributed by atoms with Crippen LogP contribution in [0.1, 0.15) is 55.8 Å². The molecule has 2 fully saturated rings. The molecule has 6 heteroatoms. The molecule has 1 saturated carbocycles. The third kappa shape index (κ3) is 3.96. The van der Waals surface area contributed by atoms with Crippen LogP contribution in [0.15, 0.2) is 42.7 Å². The molecule has 0 N–H and O–H groups in total. The summed E-state index contributed by atoms with van der Waals surface area (Å²) >= 11 is 0. The molecule has 1 atom stereocenters. The summed E-state index contributed by atoms with van der Waals surface area (Å²) in [5, 5.41) is 0. The Bertz CT molecular complexity index is 825. The van der Waals surface area contributed by atoms with Crippen molar-refractivity contribution < 1.29 is 14.3 Å². The number of carbonyl (C=O) groups is 2. The van der Waals surface area contributed by atoms with E-state index in [1.807, 2.05) is 28.8 Å². The topological polar surface area (TPSA) is 64.4 Å². The number of ether oxygens (including phenoxy) is 1. The molecular weight excluding hydrogens is 354 g/mol. The normalized spacial score (nSPS) is 24.8. The van der Waals surface area contributed by atoms with Gasteiger partial charge in [0.15, 0.2) is 6.10 Å². The standard InChI is InChI=1S/C22H27N3O3/c1-24-14-13-23-20(24)15-25(22(27)19-11-12-21(26)28-19)18-9-7-17(8-10-18)16-5-3-2-4-6-16/h2-6,13-14,17-19H,7-12,15H2,1H3. The van der Waals surface area contributed by atoms with Crippen LogP contribution in [0.3, 0.4) is 0 Å². The average molecular weight is 381 g/mol. The Balaban J connectivity index is 1.48. The number of esters is 1. The van der Waals surface area contributed by atoms with Crippen molar-refractivity contribution in [2.45, 2.75) is 63.1 Å². The number of amides is 1. The molecule has 1 aliphatic carbocycles. The molecule has 0 spiro atoms. The first-order chi connectivity index (χ1) is 13.6. The zero-order chi connectivity index (χ0) is 19.5. The molecule has 1 aromatic heterocycles. The van der Waals surface area contributed by atoms with Crippen LogP contribution < -0.4 is 0 Å². The van der Waals surface area contributed by atoms with Gasteiger partial charge < -0.3 is 14.2 Å². The summed E-state index contributed by atoms with van der Waals surface area (Å²) in [6.45, 7) is 0.455. The molecular formula is C22H27N3O3. The van der Waals surface area contributed by atoms with E-state index in [0.717, 1.165) is 31.5 Å². The highest BCUT2D eigenvalue weighted by Gasteiger charge is 2.37. The highest BCUT2D eigenvalue weighted by atomic mass is 16.6. The van der Waals surface area contributed by atoms with E-state index < -0.39 is 6.10 Å². The van der Waals surface area contributed by atoms with Crippen molar-refractivity contribution in [3.63, 3.8) is 0 Å². The SMILES string of the molecule is Cn1ccnc1CN(C(=O)C1CCC(=O)O1)C1CCC(c2ccccc2)CC1. The van der Waals surface area contributed by atoms with E-state index in [-0.39, 0.29) is 17.9 Å². The highest BCUT2D eigenvalue weighted by Crippen LogP contribution is 2.35. The van der Waals surface area contributed by atoms with Gasteiger partial charge in [-0.2, -0.15) is 0 Å². The molecule has 1 saturated heterocycles. The van der Waals surface area contributed by atoms with Gasteiger partial charge in [-0.3, -0.25) is 9.59 Å². The fourth-order valence-corrected chi connectivity index (χ4v) is 4.42. The second-order valence-corrected chi connectivity index (χ2v) is 7.85. The second-order valence-electron chi connectivity index (χ2n) is 7.85. The van der Waals surface area contributed by atoms with Crippen LogP contribution >= 0.6 is 0 Å². The fourth-order valence-electron chi connectivity index (χ4n) is 4.42. The maximum absolute atomic E-state index is 13.2. The first kappa shape index (κ1) is 18.7. The summed E-state index contributed by atoms with van der Waals surface area (Å²) in [5.74, 6) is 1.05. The molecule has 28 heavy (non-hydrogen) atoms. The van der Waals surface area contributed by atoms with E-state index in [0.29, 0.717) is 25.3 Å². The van der Waals surface area contributed by atoms with Crippen molar-refractivity contribution >= 4 is 11.9 Å². The van der Waals surface area contributed by atoms with Gasteiger partial charge in [0.1, 0.15) is 5.82 Å². The molecule has 1 amide bonds. The van der Waals surface area contributed by atoms with Crippen molar-refractivity contribution in [1.82, 2.24) is 14.5 Å². The maximum Gasteiger partial charge on any atom is 0.306 e. The number of nitrogens with zero attached hydrogens (tertiary/aromatic N) is 3. The first-order valence-corrected chi connectivity index (χ1v) is 10.1. The van der Waals surface area contributed by atoms with E-state index in [4.69, 9.17) is 4.74 Å². The molecule has 148 valence electrons. The maximum atomic E-state index is 13.2. The molecule has 4 rings (SSSR count). The summed E-state index contributed by atoms with van der Waals surface area (Å²) in [7, 11) is 1.94. The van der Waals surface area contributed by atoms with Crippen LogP contribution in [0.4, 0.5) is 0 Å². The van der Waals surface area contributed by atoms with E-state index in [1.165, 1.54) is 5.56 Å². The predicted molar refractivity (Wildman–Crippen MR) is 104 cm³/mol. The minimum absolute atomic E-state index is 0.0722. The lowest BCUT2D eigenvalue weighted by atomic mass is 9.81. The summed E-state index contributed by atoms with van der Waals surface area (Å²) in [5.41, 5.74) is 1.38. The number of aromatic nitrogens is 2. The van der Waals surface area contributed by atoms with Crippen LogP contribution in [0.5, 0.6) is 0 Å². The number of cyclic esters (lactones) is 1. The van der Waals surface area contributed by atoms with Gasteiger partial charge in [-0.05, 0) is 37.2 Å². The molecule has 1 aromatic carbocycles. The third-order valence-corrected chi connectivity index (χ3v) is 6.08. The number of hydrogen-bond donors (Lipinski definition) is 0. The Morgan fingerprint density at radius 1 is 1.18 bits per heavy atom. The Morgan fingerprint density at radius 2 is 1.93 bits per heavy atom. The van der Waals surface area contributed by atoms with Crippen LogP contribution in [0.25, 0.3) is 0 Å². The number of imidazole rings is 1. The van der Waals surface area contributed by atoms with Gasteiger partial charge in [-0.25, -0.2) is 4.98 Å². The predicted octanol–water partition coefficient (Wildman–Crippen LogP) is 3.18. The van der Waals surface area contributed by atoms with E-state index in [1.54, 1.807) is 6.20 Å². The smallest absolute Gasteiger partial charge is 0.306 e. The van der Waals surface area contributed by atoms with Crippen molar-refractivity contribution in [2.75, 3.05) is 0 Å². The monoisotopic (exact) mass is 381 g/mol. The van der Waals surface area contributed by atoms with Crippen molar-refractivity contribution in [3.05, 3.63) is 54.1 Å². The van der Waals surface area contributed by atoms with Gasteiger partial charge in [-0.1, -0.05) is 30.3 Å². The minimum Gasteiger partial charge on any atom is -0.452 e. The van der Waals surface area contributed by atoms with Crippen molar-refractivity contribution in [3.8, 4) is 0 Å². The average Bonchev–Trinajstić information content (AvgIpc) is 3.34. The first-order valence-electron chi connectivity index (χ1n) is 10.1. The van der Waals surface area contributed by atoms with E-state index in [9.17, 15) is 9.59 Å². The molecule has 1 unspecified atom stereocenters. The third-order valence-electron chi connectivity index (χ3n) is 6.08. The van der Waals surface area contributed by atoms with Crippen molar-refractivity contribution in [2.24, 2.45) is 7.05 Å². The fraction of sp³-hybridized carbons (Fsp3) is 0.500. The van der Waals surface area contributed by atoms with Crippen LogP contribution in [-0.2, 0) is 27.9 Å². The van der Waals surface area contributed by atoms with Crippen LogP contribution in [0, 0.1) is 0 Å². The van der Waals surface area contributed by atoms with E-state index in [2.05, 4.69) is 29.2 Å². The summed E-state index contributed by atoms with van der Waals surface area (Å²) in [6.07, 6.45) is 7.83. The molecule has 2 aliphatic rings. The zero-order valence-electron chi connectivity index (χ0n) is 16.3. The van der Waals surface area contributed by atoms with Crippen molar-refractivity contribution in [1.29, 1.82) is 0 Å². The van der Waals surface area contributed by atoms with Gasteiger partial charge >= 0.3 is 5.97 Å². The summed E-state index contributed by atoms with van der Waals surface area (Å²) in [4.78, 5) is 31.0. The van der Waals surface area contributed by atoms with Gasteiger partial charge in [0.25, 0.3) is 5.91 Å². The van der Waals surface area contributed by atoms with Gasteiger partial charge in [0.05, 0.1) is 6.54 Å². The highest BCUT2D eigenvalue weighted by molar-refractivity contribution is 5.86. The summed E-state index contributed by atoms with van der Waals surface area (Å²) in [6, 6.07) is 10.8. The molecule has 2 heterocycles. The number of hydrogen-bond acceptors (Lipinski definition) is 4. The minimum atomic E-state index is -0.639. The largest absolute Gasteiger partial charge is 0.452 e. The molecule has 0 bridgehead atoms. The lowest BCUT2D eigenvalue weighted by Gasteiger charge is -2.37. The lowest BCUT2D eigenvalue weighted by Crippen LogP contribution is -2.46. The van der Waals surface area contributed by atoms with Gasteiger partial charge in [-0.15, -0.1) is 0 Å². The number of benzene rings is 1. The molecule has 1 aliphatic heterocycles. The van der Waals surface area contributed by atoms with E-state index >= 15 is 0 Å².